The van der Waals surface area contributed by atoms with E-state index in [1.807, 2.05) is 24.3 Å². The molecule has 0 heterocycles. The van der Waals surface area contributed by atoms with Gasteiger partial charge in [0.2, 0.25) is 0 Å². The van der Waals surface area contributed by atoms with Gasteiger partial charge in [0.25, 0.3) is 0 Å². The molecule has 84 valence electrons. The summed E-state index contributed by atoms with van der Waals surface area (Å²) in [5.74, 6) is 0.835. The van der Waals surface area contributed by atoms with Gasteiger partial charge in [0.15, 0.2) is 0 Å². The third kappa shape index (κ3) is 5.23. The first-order valence-electron chi connectivity index (χ1n) is 4.80. The van der Waals surface area contributed by atoms with E-state index in [-0.39, 0.29) is 6.10 Å². The number of ether oxygens (including phenoxy) is 1. The van der Waals surface area contributed by atoms with Crippen molar-refractivity contribution in [1.29, 1.82) is 0 Å². The van der Waals surface area contributed by atoms with Crippen LogP contribution in [-0.2, 0) is 0 Å². The van der Waals surface area contributed by atoms with Gasteiger partial charge in [-0.25, -0.2) is 0 Å². The van der Waals surface area contributed by atoms with Crippen molar-refractivity contribution in [2.24, 2.45) is 0 Å². The van der Waals surface area contributed by atoms with Crippen LogP contribution in [0.1, 0.15) is 12.8 Å². The van der Waals surface area contributed by atoms with E-state index in [2.05, 4.69) is 31.9 Å². The Hall–Kier alpha value is 0.270. The summed E-state index contributed by atoms with van der Waals surface area (Å²) < 4.78 is 5.79. The highest BCUT2D eigenvalue weighted by molar-refractivity contribution is 9.09. The Balaban J connectivity index is 2.50. The van der Waals surface area contributed by atoms with Gasteiger partial charge in [-0.15, -0.1) is 0 Å². The van der Waals surface area contributed by atoms with Gasteiger partial charge >= 0.3 is 0 Å². The van der Waals surface area contributed by atoms with Crippen molar-refractivity contribution in [3.8, 4) is 5.75 Å². The number of rotatable bonds is 6. The fourth-order valence-electron chi connectivity index (χ4n) is 1.21. The average molecular weight is 356 g/mol. The average Bonchev–Trinajstić information content (AvgIpc) is 2.24. The molecule has 0 N–H and O–H groups in total. The van der Waals surface area contributed by atoms with E-state index < -0.39 is 0 Å². The molecule has 0 saturated carbocycles. The Labute approximate surface area is 112 Å². The predicted molar refractivity (Wildman–Crippen MR) is 72.7 cm³/mol. The maximum Gasteiger partial charge on any atom is 0.121 e. The van der Waals surface area contributed by atoms with Crippen molar-refractivity contribution in [2.45, 2.75) is 18.9 Å². The Morgan fingerprint density at radius 1 is 1.33 bits per heavy atom. The van der Waals surface area contributed by atoms with Gasteiger partial charge < -0.3 is 4.74 Å². The van der Waals surface area contributed by atoms with Crippen LogP contribution in [0.15, 0.2) is 24.3 Å². The van der Waals surface area contributed by atoms with Crippen molar-refractivity contribution in [3.05, 3.63) is 29.3 Å². The molecule has 1 unspecified atom stereocenters. The largest absolute Gasteiger partial charge is 0.490 e. The molecule has 1 nitrogen and oxygen atoms in total. The van der Waals surface area contributed by atoms with Crippen LogP contribution >= 0.6 is 43.5 Å². The molecule has 0 saturated heterocycles. The van der Waals surface area contributed by atoms with Crippen molar-refractivity contribution in [1.82, 2.24) is 0 Å². The van der Waals surface area contributed by atoms with Gasteiger partial charge in [-0.2, -0.15) is 0 Å². The highest BCUT2D eigenvalue weighted by atomic mass is 79.9. The van der Waals surface area contributed by atoms with Gasteiger partial charge in [-0.3, -0.25) is 0 Å². The number of hydrogen-bond acceptors (Lipinski definition) is 1. The van der Waals surface area contributed by atoms with Gasteiger partial charge in [-0.05, 0) is 31.0 Å². The molecule has 0 fully saturated rings. The van der Waals surface area contributed by atoms with Crippen molar-refractivity contribution in [2.75, 3.05) is 10.7 Å². The Morgan fingerprint density at radius 2 is 2.13 bits per heavy atom. The van der Waals surface area contributed by atoms with E-state index in [0.717, 1.165) is 29.3 Å². The minimum absolute atomic E-state index is 0.209. The van der Waals surface area contributed by atoms with Gasteiger partial charge in [0.05, 0.1) is 0 Å². The molecule has 1 aromatic carbocycles. The first kappa shape index (κ1) is 13.3. The molecule has 0 aliphatic rings. The summed E-state index contributed by atoms with van der Waals surface area (Å²) in [6, 6.07) is 7.50. The second kappa shape index (κ2) is 7.53. The van der Waals surface area contributed by atoms with Crippen LogP contribution in [0.2, 0.25) is 5.02 Å². The second-order valence-electron chi connectivity index (χ2n) is 3.18. The molecular formula is C11H13Br2ClO. The lowest BCUT2D eigenvalue weighted by molar-refractivity contribution is 0.216. The van der Waals surface area contributed by atoms with Crippen LogP contribution in [0, 0.1) is 0 Å². The molecule has 1 aromatic rings. The first-order valence-corrected chi connectivity index (χ1v) is 7.42. The lowest BCUT2D eigenvalue weighted by Gasteiger charge is -2.16. The SMILES string of the molecule is Clc1cccc(OC(CBr)CCCBr)c1. The summed E-state index contributed by atoms with van der Waals surface area (Å²) in [7, 11) is 0. The van der Waals surface area contributed by atoms with Gasteiger partial charge in [0, 0.05) is 15.7 Å². The lowest BCUT2D eigenvalue weighted by Crippen LogP contribution is -2.18. The minimum atomic E-state index is 0.209. The summed E-state index contributed by atoms with van der Waals surface area (Å²) in [6.45, 7) is 0. The second-order valence-corrected chi connectivity index (χ2v) is 5.06. The number of halogens is 3. The number of alkyl halides is 2. The third-order valence-electron chi connectivity index (χ3n) is 1.93. The zero-order valence-electron chi connectivity index (χ0n) is 8.26. The molecule has 15 heavy (non-hydrogen) atoms. The Kier molecular flexibility index (Phi) is 6.69. The topological polar surface area (TPSA) is 9.23 Å². The van der Waals surface area contributed by atoms with Crippen LogP contribution < -0.4 is 4.74 Å². The molecule has 4 heteroatoms. The molecular weight excluding hydrogens is 343 g/mol. The predicted octanol–water partition coefficient (Wildman–Crippen LogP) is 4.66. The van der Waals surface area contributed by atoms with E-state index >= 15 is 0 Å². The van der Waals surface area contributed by atoms with Crippen molar-refractivity contribution >= 4 is 43.5 Å². The third-order valence-corrected chi connectivity index (χ3v) is 3.45. The van der Waals surface area contributed by atoms with Crippen LogP contribution in [0.5, 0.6) is 5.75 Å². The Morgan fingerprint density at radius 3 is 2.73 bits per heavy atom. The first-order chi connectivity index (χ1) is 7.26. The van der Waals surface area contributed by atoms with Gasteiger partial charge in [0.1, 0.15) is 11.9 Å². The smallest absolute Gasteiger partial charge is 0.121 e. The fraction of sp³-hybridized carbons (Fsp3) is 0.455. The van der Waals surface area contributed by atoms with Gasteiger partial charge in [-0.1, -0.05) is 49.5 Å². The summed E-state index contributed by atoms with van der Waals surface area (Å²) in [6.07, 6.45) is 2.35. The number of benzene rings is 1. The van der Waals surface area contributed by atoms with E-state index in [9.17, 15) is 0 Å². The summed E-state index contributed by atoms with van der Waals surface area (Å²) >= 11 is 12.7. The quantitative estimate of drug-likeness (QED) is 0.674. The maximum atomic E-state index is 5.88. The minimum Gasteiger partial charge on any atom is -0.490 e. The van der Waals surface area contributed by atoms with Crippen LogP contribution in [0.4, 0.5) is 0 Å². The highest BCUT2D eigenvalue weighted by Crippen LogP contribution is 2.20. The van der Waals surface area contributed by atoms with E-state index in [0.29, 0.717) is 5.02 Å². The monoisotopic (exact) mass is 354 g/mol. The molecule has 0 amide bonds. The summed E-state index contributed by atoms with van der Waals surface area (Å²) in [4.78, 5) is 0. The number of hydrogen-bond donors (Lipinski definition) is 0. The zero-order valence-corrected chi connectivity index (χ0v) is 12.2. The van der Waals surface area contributed by atoms with Crippen molar-refractivity contribution < 1.29 is 4.74 Å². The normalized spacial score (nSPS) is 12.5. The fourth-order valence-corrected chi connectivity index (χ4v) is 2.17. The zero-order chi connectivity index (χ0) is 11.1. The molecule has 0 spiro atoms. The van der Waals surface area contributed by atoms with Crippen LogP contribution in [0.3, 0.4) is 0 Å². The molecule has 1 rings (SSSR count). The van der Waals surface area contributed by atoms with Crippen LogP contribution in [0.25, 0.3) is 0 Å². The standard InChI is InChI=1S/C11H13Br2ClO/c12-6-2-5-11(8-13)15-10-4-1-3-9(14)7-10/h1,3-4,7,11H,2,5-6,8H2. The van der Waals surface area contributed by atoms with E-state index in [1.165, 1.54) is 0 Å². The Bertz CT molecular complexity index is 294. The van der Waals surface area contributed by atoms with Crippen molar-refractivity contribution in [3.63, 3.8) is 0 Å². The maximum absolute atomic E-state index is 5.88. The highest BCUT2D eigenvalue weighted by Gasteiger charge is 2.08. The summed E-state index contributed by atoms with van der Waals surface area (Å²) in [5, 5.41) is 2.56. The molecule has 0 bridgehead atoms. The van der Waals surface area contributed by atoms with Crippen LogP contribution in [-0.4, -0.2) is 16.8 Å². The lowest BCUT2D eigenvalue weighted by atomic mass is 10.2. The molecule has 0 aliphatic carbocycles. The van der Waals surface area contributed by atoms with E-state index in [1.54, 1.807) is 0 Å². The molecule has 0 aromatic heterocycles. The van der Waals surface area contributed by atoms with E-state index in [4.69, 9.17) is 16.3 Å². The molecule has 0 aliphatic heterocycles. The summed E-state index contributed by atoms with van der Waals surface area (Å²) in [5.41, 5.74) is 0. The molecule has 1 atom stereocenters. The molecule has 0 radical (unpaired) electrons.